The molecule has 1 N–H and O–H groups in total. The third-order valence-electron chi connectivity index (χ3n) is 5.04. The van der Waals surface area contributed by atoms with Gasteiger partial charge in [0, 0.05) is 0 Å². The Labute approximate surface area is 154 Å². The van der Waals surface area contributed by atoms with E-state index < -0.39 is 0 Å². The SMILES string of the molecule is COc1cc(C[C@H](C)[C@@H](C)Cc2ccc3c(c2)OCO3)cc(O)c1OC. The fraction of sp³-hybridized carbons (Fsp3) is 0.429. The number of hydrogen-bond acceptors (Lipinski definition) is 5. The molecule has 2 aromatic carbocycles. The number of methoxy groups -OCH3 is 2. The van der Waals surface area contributed by atoms with Crippen LogP contribution in [0.15, 0.2) is 30.3 Å². The Balaban J connectivity index is 1.67. The quantitative estimate of drug-likeness (QED) is 0.804. The second-order valence-corrected chi connectivity index (χ2v) is 6.90. The van der Waals surface area contributed by atoms with Crippen molar-refractivity contribution in [1.82, 2.24) is 0 Å². The number of phenolic OH excluding ortho intramolecular Hbond substituents is 1. The number of hydrogen-bond donors (Lipinski definition) is 1. The van der Waals surface area contributed by atoms with E-state index in [0.29, 0.717) is 30.1 Å². The van der Waals surface area contributed by atoms with Gasteiger partial charge in [0.15, 0.2) is 23.0 Å². The fourth-order valence-electron chi connectivity index (χ4n) is 3.33. The highest BCUT2D eigenvalue weighted by atomic mass is 16.7. The minimum absolute atomic E-state index is 0.109. The summed E-state index contributed by atoms with van der Waals surface area (Å²) in [7, 11) is 3.10. The molecule has 0 aromatic heterocycles. The first-order valence-electron chi connectivity index (χ1n) is 8.84. The highest BCUT2D eigenvalue weighted by molar-refractivity contribution is 5.53. The summed E-state index contributed by atoms with van der Waals surface area (Å²) in [5.41, 5.74) is 2.27. The maximum absolute atomic E-state index is 10.1. The van der Waals surface area contributed by atoms with E-state index in [2.05, 4.69) is 26.0 Å². The van der Waals surface area contributed by atoms with Gasteiger partial charge in [-0.3, -0.25) is 0 Å². The van der Waals surface area contributed by atoms with Crippen molar-refractivity contribution >= 4 is 0 Å². The van der Waals surface area contributed by atoms with Gasteiger partial charge >= 0.3 is 0 Å². The molecule has 2 atom stereocenters. The highest BCUT2D eigenvalue weighted by Gasteiger charge is 2.19. The van der Waals surface area contributed by atoms with Crippen LogP contribution < -0.4 is 18.9 Å². The van der Waals surface area contributed by atoms with Crippen molar-refractivity contribution in [2.24, 2.45) is 11.8 Å². The second kappa shape index (κ2) is 7.77. The van der Waals surface area contributed by atoms with Crippen LogP contribution in [0.3, 0.4) is 0 Å². The van der Waals surface area contributed by atoms with E-state index in [4.69, 9.17) is 18.9 Å². The average Bonchev–Trinajstić information content (AvgIpc) is 3.08. The molecule has 0 saturated heterocycles. The molecule has 26 heavy (non-hydrogen) atoms. The van der Waals surface area contributed by atoms with E-state index in [0.717, 1.165) is 29.9 Å². The van der Waals surface area contributed by atoms with Crippen LogP contribution >= 0.6 is 0 Å². The number of fused-ring (bicyclic) bond motifs is 1. The Morgan fingerprint density at radius 3 is 2.31 bits per heavy atom. The minimum atomic E-state index is 0.109. The molecule has 5 nitrogen and oxygen atoms in total. The van der Waals surface area contributed by atoms with Gasteiger partial charge in [-0.25, -0.2) is 0 Å². The summed E-state index contributed by atoms with van der Waals surface area (Å²) in [4.78, 5) is 0. The number of ether oxygens (including phenoxy) is 4. The van der Waals surface area contributed by atoms with Crippen molar-refractivity contribution in [3.63, 3.8) is 0 Å². The third kappa shape index (κ3) is 3.82. The van der Waals surface area contributed by atoms with Crippen molar-refractivity contribution in [1.29, 1.82) is 0 Å². The second-order valence-electron chi connectivity index (χ2n) is 6.90. The lowest BCUT2D eigenvalue weighted by Gasteiger charge is -2.21. The van der Waals surface area contributed by atoms with Crippen molar-refractivity contribution < 1.29 is 24.1 Å². The first kappa shape index (κ1) is 18.2. The molecular formula is C21H26O5. The first-order valence-corrected chi connectivity index (χ1v) is 8.84. The Kier molecular flexibility index (Phi) is 5.45. The predicted molar refractivity (Wildman–Crippen MR) is 99.5 cm³/mol. The molecule has 1 aliphatic heterocycles. The van der Waals surface area contributed by atoms with Gasteiger partial charge in [-0.05, 0) is 60.1 Å². The number of benzene rings is 2. The average molecular weight is 358 g/mol. The summed E-state index contributed by atoms with van der Waals surface area (Å²) in [6.07, 6.45) is 1.80. The molecule has 5 heteroatoms. The monoisotopic (exact) mass is 358 g/mol. The van der Waals surface area contributed by atoms with Crippen LogP contribution in [-0.2, 0) is 12.8 Å². The van der Waals surface area contributed by atoms with Gasteiger partial charge in [-0.15, -0.1) is 0 Å². The fourth-order valence-corrected chi connectivity index (χ4v) is 3.33. The minimum Gasteiger partial charge on any atom is -0.504 e. The number of rotatable bonds is 7. The van der Waals surface area contributed by atoms with Crippen LogP contribution in [0.2, 0.25) is 0 Å². The molecule has 3 rings (SSSR count). The first-order chi connectivity index (χ1) is 12.5. The molecule has 0 fully saturated rings. The Hall–Kier alpha value is -2.56. The number of phenols is 1. The van der Waals surface area contributed by atoms with E-state index in [1.807, 2.05) is 12.1 Å². The lowest BCUT2D eigenvalue weighted by Crippen LogP contribution is -2.14. The Morgan fingerprint density at radius 2 is 1.62 bits per heavy atom. The molecule has 1 aliphatic rings. The largest absolute Gasteiger partial charge is 0.504 e. The summed E-state index contributed by atoms with van der Waals surface area (Å²) in [5, 5.41) is 10.1. The van der Waals surface area contributed by atoms with Crippen LogP contribution in [0.4, 0.5) is 0 Å². The van der Waals surface area contributed by atoms with Crippen LogP contribution in [0.1, 0.15) is 25.0 Å². The lowest BCUT2D eigenvalue weighted by atomic mass is 9.85. The summed E-state index contributed by atoms with van der Waals surface area (Å²) in [6.45, 7) is 4.77. The van der Waals surface area contributed by atoms with E-state index in [9.17, 15) is 5.11 Å². The van der Waals surface area contributed by atoms with Gasteiger partial charge in [0.25, 0.3) is 0 Å². The van der Waals surface area contributed by atoms with Crippen molar-refractivity contribution in [3.05, 3.63) is 41.5 Å². The summed E-state index contributed by atoms with van der Waals surface area (Å²) >= 11 is 0. The van der Waals surface area contributed by atoms with Gasteiger partial charge in [-0.2, -0.15) is 0 Å². The van der Waals surface area contributed by atoms with Crippen molar-refractivity contribution in [2.75, 3.05) is 21.0 Å². The molecular weight excluding hydrogens is 332 g/mol. The van der Waals surface area contributed by atoms with Crippen LogP contribution in [0, 0.1) is 11.8 Å². The Bertz CT molecular complexity index is 771. The molecule has 0 spiro atoms. The highest BCUT2D eigenvalue weighted by Crippen LogP contribution is 2.38. The molecule has 140 valence electrons. The third-order valence-corrected chi connectivity index (χ3v) is 5.04. The zero-order valence-corrected chi connectivity index (χ0v) is 15.7. The maximum Gasteiger partial charge on any atom is 0.231 e. The molecule has 0 aliphatic carbocycles. The van der Waals surface area contributed by atoms with Crippen LogP contribution in [-0.4, -0.2) is 26.1 Å². The van der Waals surface area contributed by atoms with Crippen LogP contribution in [0.25, 0.3) is 0 Å². The molecule has 0 radical (unpaired) electrons. The molecule has 0 amide bonds. The molecule has 0 saturated carbocycles. The van der Waals surface area contributed by atoms with Crippen molar-refractivity contribution in [3.8, 4) is 28.7 Å². The number of aromatic hydroxyl groups is 1. The van der Waals surface area contributed by atoms with Gasteiger partial charge in [0.2, 0.25) is 12.5 Å². The van der Waals surface area contributed by atoms with E-state index in [1.54, 1.807) is 13.2 Å². The Morgan fingerprint density at radius 1 is 0.923 bits per heavy atom. The summed E-state index contributed by atoms with van der Waals surface area (Å²) in [5.74, 6) is 3.57. The van der Waals surface area contributed by atoms with Gasteiger partial charge in [0.05, 0.1) is 14.2 Å². The molecule has 2 aromatic rings. The predicted octanol–water partition coefficient (Wildman–Crippen LogP) is 4.20. The van der Waals surface area contributed by atoms with E-state index in [-0.39, 0.29) is 5.75 Å². The van der Waals surface area contributed by atoms with Gasteiger partial charge in [-0.1, -0.05) is 19.9 Å². The topological polar surface area (TPSA) is 57.2 Å². The summed E-state index contributed by atoms with van der Waals surface area (Å²) < 4.78 is 21.4. The summed E-state index contributed by atoms with van der Waals surface area (Å²) in [6, 6.07) is 9.82. The lowest BCUT2D eigenvalue weighted by molar-refractivity contribution is 0.174. The molecule has 1 heterocycles. The standard InChI is InChI=1S/C21H26O5/c1-13(7-15-5-6-18-19(10-15)26-12-25-18)14(2)8-16-9-17(22)21(24-4)20(11-16)23-3/h5-6,9-11,13-14,22H,7-8,12H2,1-4H3/t13-,14-/m0/s1. The smallest absolute Gasteiger partial charge is 0.231 e. The normalized spacial score (nSPS) is 14.8. The van der Waals surface area contributed by atoms with Crippen LogP contribution in [0.5, 0.6) is 28.7 Å². The van der Waals surface area contributed by atoms with E-state index in [1.165, 1.54) is 12.7 Å². The van der Waals surface area contributed by atoms with Gasteiger partial charge in [0.1, 0.15) is 0 Å². The maximum atomic E-state index is 10.1. The zero-order chi connectivity index (χ0) is 18.7. The van der Waals surface area contributed by atoms with E-state index >= 15 is 0 Å². The molecule has 0 bridgehead atoms. The molecule has 0 unspecified atom stereocenters. The van der Waals surface area contributed by atoms with Gasteiger partial charge < -0.3 is 24.1 Å². The van der Waals surface area contributed by atoms with Crippen molar-refractivity contribution in [2.45, 2.75) is 26.7 Å². The zero-order valence-electron chi connectivity index (χ0n) is 15.7.